The third kappa shape index (κ3) is 20.9. The number of carbonyl (C=O) groups is 7. The highest BCUT2D eigenvalue weighted by Gasteiger charge is 2.40. The third-order valence-corrected chi connectivity index (χ3v) is 18.6. The van der Waals surface area contributed by atoms with Crippen LogP contribution in [0.2, 0.25) is 0 Å². The summed E-state index contributed by atoms with van der Waals surface area (Å²) in [6, 6.07) is 30.9. The van der Waals surface area contributed by atoms with E-state index in [4.69, 9.17) is 14.5 Å². The zero-order chi connectivity index (χ0) is 72.6. The molecule has 0 aliphatic rings. The van der Waals surface area contributed by atoms with Crippen molar-refractivity contribution in [2.75, 3.05) is 43.1 Å². The van der Waals surface area contributed by atoms with Crippen molar-refractivity contribution in [3.05, 3.63) is 189 Å². The quantitative estimate of drug-likeness (QED) is 0.0150. The molecular weight excluding hydrogens is 1350 g/mol. The highest BCUT2D eigenvalue weighted by molar-refractivity contribution is 8.19. The van der Waals surface area contributed by atoms with Gasteiger partial charge in [0.25, 0.3) is 16.0 Å². The number of amides is 6. The molecular formula is C66H81N11O19S3. The number of aryl methyl sites for hydroxylation is 3. The zero-order valence-corrected chi connectivity index (χ0v) is 57.6. The van der Waals surface area contributed by atoms with Gasteiger partial charge in [-0.05, 0) is 105 Å². The van der Waals surface area contributed by atoms with Crippen molar-refractivity contribution in [3.8, 4) is 5.75 Å². The number of nitrogens with zero attached hydrogens (tertiary/aromatic N) is 3. The fourth-order valence-electron chi connectivity index (χ4n) is 10.9. The van der Waals surface area contributed by atoms with Crippen molar-refractivity contribution in [1.29, 1.82) is 0 Å². The van der Waals surface area contributed by atoms with E-state index in [2.05, 4.69) is 77.6 Å². The Hall–Kier alpha value is -9.74. The first-order valence-corrected chi connectivity index (χ1v) is 35.8. The molecule has 4 atom stereocenters. The molecule has 2 aromatic heterocycles. The first-order chi connectivity index (χ1) is 46.6. The highest BCUT2D eigenvalue weighted by atomic mass is 32.3. The number of carboxylic acid groups (broad SMARTS) is 1. The van der Waals surface area contributed by atoms with E-state index in [9.17, 15) is 78.5 Å². The lowest BCUT2D eigenvalue weighted by molar-refractivity contribution is -0.138. The Morgan fingerprint density at radius 3 is 1.77 bits per heavy atom. The third-order valence-electron chi connectivity index (χ3n) is 15.3. The van der Waals surface area contributed by atoms with E-state index >= 15 is 0 Å². The molecule has 5 aromatic carbocycles. The van der Waals surface area contributed by atoms with E-state index in [1.807, 2.05) is 66.1 Å². The van der Waals surface area contributed by atoms with Crippen molar-refractivity contribution in [3.63, 3.8) is 0 Å². The van der Waals surface area contributed by atoms with Gasteiger partial charge in [0.1, 0.15) is 52.4 Å². The molecule has 7 aromatic rings. The van der Waals surface area contributed by atoms with Crippen LogP contribution >= 0.6 is 10.9 Å². The Bertz CT molecular complexity index is 4240. The Kier molecular flexibility index (Phi) is 25.7. The lowest BCUT2D eigenvalue weighted by atomic mass is 9.76. The number of aliphatic carboxylic acids is 1. The molecule has 0 spiro atoms. The summed E-state index contributed by atoms with van der Waals surface area (Å²) in [5.74, 6) is -8.71. The summed E-state index contributed by atoms with van der Waals surface area (Å²) in [5.41, 5.74) is 1.79. The Balaban J connectivity index is 0.899. The molecule has 33 heteroatoms. The van der Waals surface area contributed by atoms with Gasteiger partial charge in [-0.25, -0.2) is 18.2 Å². The summed E-state index contributed by atoms with van der Waals surface area (Å²) in [7, 11) is -12.5. The van der Waals surface area contributed by atoms with Gasteiger partial charge < -0.3 is 70.0 Å². The number of rotatable bonds is 33. The molecule has 0 aliphatic carbocycles. The fourth-order valence-corrected chi connectivity index (χ4v) is 13.9. The van der Waals surface area contributed by atoms with Crippen molar-refractivity contribution >= 4 is 89.5 Å². The number of pyridine rings is 1. The molecule has 0 unspecified atom stereocenters. The smallest absolute Gasteiger partial charge is 0.408 e. The van der Waals surface area contributed by atoms with Crippen LogP contribution in [0.25, 0.3) is 10.9 Å². The number of sulfonamides is 1. The number of hydrogen-bond donors (Lipinski definition) is 13. The SMILES string of the molecule is CC[C@H](NC(=O)OC(C)(C)C)C(=O)N[C@@H](CS(=O)(=O)O)C(=O)N[C@@H](CS(O)(O)O)C(=O)NCCNC(=O)CCCOc1cc(C)c(S(=O)(=O)N[C@@H](CNC(=O)c2cn(C)c3cc(CNc4nccn4C(c4ccccc4)(c4ccccc4)c4ccccc4)ccc3c2=O)C(=O)O)c(C)c1. The summed E-state index contributed by atoms with van der Waals surface area (Å²) in [6.45, 7) is 7.92. The number of alkyl carbamates (subject to hydrolysis) is 1. The van der Waals surface area contributed by atoms with Gasteiger partial charge in [-0.2, -0.15) is 13.1 Å². The van der Waals surface area contributed by atoms with Gasteiger partial charge in [0, 0.05) is 63.6 Å². The second-order valence-electron chi connectivity index (χ2n) is 24.1. The van der Waals surface area contributed by atoms with Crippen molar-refractivity contribution in [2.45, 2.75) is 108 Å². The Morgan fingerprint density at radius 1 is 0.677 bits per heavy atom. The Morgan fingerprint density at radius 2 is 1.23 bits per heavy atom. The van der Waals surface area contributed by atoms with Crippen molar-refractivity contribution in [1.82, 2.24) is 50.7 Å². The normalized spacial score (nSPS) is 13.4. The highest BCUT2D eigenvalue weighted by Crippen LogP contribution is 2.42. The van der Waals surface area contributed by atoms with Crippen LogP contribution in [-0.2, 0) is 68.0 Å². The first-order valence-electron chi connectivity index (χ1n) is 31.0. The molecule has 0 saturated heterocycles. The second kappa shape index (κ2) is 33.2. The molecule has 0 fully saturated rings. The molecule has 0 aliphatic heterocycles. The molecule has 30 nitrogen and oxygen atoms in total. The number of hydrogen-bond acceptors (Lipinski definition) is 19. The van der Waals surface area contributed by atoms with Crippen LogP contribution in [0.3, 0.4) is 0 Å². The van der Waals surface area contributed by atoms with Gasteiger partial charge in [-0.15, -0.1) is 0 Å². The minimum atomic E-state index is -5.01. The number of imidazole rings is 1. The number of aromatic nitrogens is 3. The molecule has 99 heavy (non-hydrogen) atoms. The number of carboxylic acids is 1. The maximum absolute atomic E-state index is 14.0. The van der Waals surface area contributed by atoms with Gasteiger partial charge in [0.2, 0.25) is 45.0 Å². The topological polar surface area (TPSA) is 443 Å². The number of carbonyl (C=O) groups excluding carboxylic acids is 6. The number of benzene rings is 5. The van der Waals surface area contributed by atoms with Crippen LogP contribution < -0.4 is 52.1 Å². The largest absolute Gasteiger partial charge is 0.494 e. The molecule has 6 amide bonds. The number of nitrogens with one attached hydrogen (secondary N) is 8. The second-order valence-corrected chi connectivity index (χ2v) is 28.8. The minimum absolute atomic E-state index is 0.0594. The number of ether oxygens (including phenoxy) is 2. The van der Waals surface area contributed by atoms with Gasteiger partial charge in [0.05, 0.1) is 33.6 Å². The average Bonchev–Trinajstić information content (AvgIpc) is 1.73. The van der Waals surface area contributed by atoms with Crippen LogP contribution in [-0.4, -0.2) is 163 Å². The van der Waals surface area contributed by atoms with Crippen molar-refractivity contribution in [2.24, 2.45) is 7.05 Å². The van der Waals surface area contributed by atoms with Crippen LogP contribution in [0.1, 0.15) is 90.7 Å². The number of anilines is 1. The molecule has 532 valence electrons. The maximum atomic E-state index is 14.0. The van der Waals surface area contributed by atoms with Crippen LogP contribution in [0.4, 0.5) is 10.7 Å². The monoisotopic (exact) mass is 1430 g/mol. The van der Waals surface area contributed by atoms with Crippen molar-refractivity contribution < 1.29 is 83.2 Å². The Labute approximate surface area is 573 Å². The van der Waals surface area contributed by atoms with E-state index in [-0.39, 0.29) is 78.2 Å². The van der Waals surface area contributed by atoms with Crippen LogP contribution in [0.5, 0.6) is 5.75 Å². The van der Waals surface area contributed by atoms with Gasteiger partial charge >= 0.3 is 12.1 Å². The summed E-state index contributed by atoms with van der Waals surface area (Å²) < 4.78 is 107. The van der Waals surface area contributed by atoms with E-state index < -0.39 is 131 Å². The van der Waals surface area contributed by atoms with Crippen LogP contribution in [0, 0.1) is 13.8 Å². The maximum Gasteiger partial charge on any atom is 0.408 e. The predicted octanol–water partition coefficient (Wildman–Crippen LogP) is 4.74. The molecule has 13 N–H and O–H groups in total. The van der Waals surface area contributed by atoms with Gasteiger partial charge in [0.15, 0.2) is 0 Å². The zero-order valence-electron chi connectivity index (χ0n) is 55.2. The van der Waals surface area contributed by atoms with E-state index in [0.29, 0.717) is 11.5 Å². The fraction of sp³-hybridized carbons (Fsp3) is 0.348. The predicted molar refractivity (Wildman–Crippen MR) is 368 cm³/mol. The summed E-state index contributed by atoms with van der Waals surface area (Å²) in [6.07, 6.45) is 3.85. The molecule has 7 rings (SSSR count). The van der Waals surface area contributed by atoms with Crippen LogP contribution in [0.15, 0.2) is 150 Å². The average molecular weight is 1430 g/mol. The van der Waals surface area contributed by atoms with Gasteiger partial charge in [-0.1, -0.05) is 104 Å². The molecule has 0 radical (unpaired) electrons. The van der Waals surface area contributed by atoms with E-state index in [0.717, 1.165) is 22.3 Å². The minimum Gasteiger partial charge on any atom is -0.494 e. The summed E-state index contributed by atoms with van der Waals surface area (Å²) >= 11 is 0. The van der Waals surface area contributed by atoms with E-state index in [1.54, 1.807) is 56.8 Å². The summed E-state index contributed by atoms with van der Waals surface area (Å²) in [5, 5.41) is 27.4. The molecule has 0 bridgehead atoms. The lowest BCUT2D eigenvalue weighted by Crippen LogP contribution is -2.59. The lowest BCUT2D eigenvalue weighted by Gasteiger charge is -2.38. The van der Waals surface area contributed by atoms with E-state index in [1.165, 1.54) is 39.1 Å². The number of fused-ring (bicyclic) bond motifs is 1. The first kappa shape index (κ1) is 76.6. The standard InChI is InChI=1S/C66H81N11O19S3/c1-8-50(74-64(86)96-65(4,5)6)60(82)73-53(40-98(90,91)92)61(83)72-52(39-97(87,88)89)59(81)68-29-28-67-55(78)25-18-32-95-47-33-41(2)57(42(3)34-47)99(93,94)75-51(62(84)85)37-70-58(80)49-38-76(7)54-35-43(26-27-48(54)56(49)79)36-71-63-69-30-31-77(63)66(44-19-12-9-13-20-44,45-21-14-10-15-22-45)46-23-16-11-17-24-46/h9-17,19-24,26-27,30-31,33-35,38,50-53,75,87-89H,8,18,25,28-29,32,36-37,39-40H2,1-7H3,(H,67,78)(H,68,81)(H,69,71)(H,70,80)(H,72,83)(H,73,82)(H,74,86)(H,84,85)(H,90,91,92)/t50-,51-,52-,53-/m0/s1. The summed E-state index contributed by atoms with van der Waals surface area (Å²) in [4.78, 5) is 109. The van der Waals surface area contributed by atoms with Gasteiger partial charge in [-0.3, -0.25) is 42.7 Å². The molecule has 2 heterocycles. The molecule has 0 saturated carbocycles.